The maximum Gasteiger partial charge on any atom is 0.139 e. The van der Waals surface area contributed by atoms with Crippen LogP contribution in [0.2, 0.25) is 15.1 Å². The van der Waals surface area contributed by atoms with Crippen LogP contribution in [0.15, 0.2) is 40.7 Å². The van der Waals surface area contributed by atoms with Crippen molar-refractivity contribution in [3.05, 3.63) is 51.2 Å². The minimum Gasteiger partial charge on any atom is -0.506 e. The monoisotopic (exact) mass is 315 g/mol. The average molecular weight is 317 g/mol. The Morgan fingerprint density at radius 2 is 1.84 bits per heavy atom. The fourth-order valence-corrected chi connectivity index (χ4v) is 2.25. The predicted molar refractivity (Wildman–Crippen MR) is 75.6 cm³/mol. The normalized spacial score (nSPS) is 11.1. The summed E-state index contributed by atoms with van der Waals surface area (Å²) in [5, 5.41) is 18.4. The van der Waals surface area contributed by atoms with Crippen LogP contribution in [0.3, 0.4) is 0 Å². The molecule has 19 heavy (non-hydrogen) atoms. The lowest BCUT2D eigenvalue weighted by Crippen LogP contribution is -1.86. The predicted octanol–water partition coefficient (Wildman–Crippen LogP) is 5.03. The van der Waals surface area contributed by atoms with E-state index in [4.69, 9.17) is 34.8 Å². The van der Waals surface area contributed by atoms with Gasteiger partial charge in [0.2, 0.25) is 0 Å². The Morgan fingerprint density at radius 3 is 2.47 bits per heavy atom. The number of benzene rings is 1. The van der Waals surface area contributed by atoms with E-state index < -0.39 is 0 Å². The molecule has 1 heterocycles. The van der Waals surface area contributed by atoms with E-state index in [0.29, 0.717) is 26.4 Å². The smallest absolute Gasteiger partial charge is 0.139 e. The largest absolute Gasteiger partial charge is 0.506 e. The lowest BCUT2D eigenvalue weighted by Gasteiger charge is -2.01. The van der Waals surface area contributed by atoms with Gasteiger partial charge in [-0.3, -0.25) is 4.98 Å². The van der Waals surface area contributed by atoms with E-state index in [2.05, 4.69) is 15.2 Å². The molecule has 0 radical (unpaired) electrons. The first kappa shape index (κ1) is 14.1. The van der Waals surface area contributed by atoms with Crippen molar-refractivity contribution >= 4 is 40.5 Å². The molecule has 0 saturated carbocycles. The van der Waals surface area contributed by atoms with E-state index >= 15 is 0 Å². The van der Waals surface area contributed by atoms with Gasteiger partial charge >= 0.3 is 0 Å². The molecule has 1 aromatic carbocycles. The Hall–Kier alpha value is -1.36. The molecular weight excluding hydrogens is 309 g/mol. The number of hydrogen-bond acceptors (Lipinski definition) is 4. The van der Waals surface area contributed by atoms with Crippen LogP contribution in [0.25, 0.3) is 0 Å². The SMILES string of the molecule is Oc1cccnc1CN=Nc1c(Cl)cc(Cl)cc1Cl. The second kappa shape index (κ2) is 6.19. The van der Waals surface area contributed by atoms with Gasteiger partial charge in [0.15, 0.2) is 0 Å². The van der Waals surface area contributed by atoms with Crippen molar-refractivity contribution in [1.29, 1.82) is 0 Å². The van der Waals surface area contributed by atoms with Crippen molar-refractivity contribution in [1.82, 2.24) is 4.98 Å². The summed E-state index contributed by atoms with van der Waals surface area (Å²) < 4.78 is 0. The van der Waals surface area contributed by atoms with Gasteiger partial charge in [-0.1, -0.05) is 34.8 Å². The lowest BCUT2D eigenvalue weighted by atomic mass is 10.3. The highest BCUT2D eigenvalue weighted by atomic mass is 35.5. The Morgan fingerprint density at radius 1 is 1.16 bits per heavy atom. The number of hydrogen-bond donors (Lipinski definition) is 1. The van der Waals surface area contributed by atoms with Gasteiger partial charge in [0, 0.05) is 11.2 Å². The molecule has 2 aromatic rings. The van der Waals surface area contributed by atoms with Gasteiger partial charge in [-0.2, -0.15) is 10.2 Å². The summed E-state index contributed by atoms with van der Waals surface area (Å²) in [5.74, 6) is 0.0646. The molecule has 0 unspecified atom stereocenters. The van der Waals surface area contributed by atoms with Crippen molar-refractivity contribution in [3.63, 3.8) is 0 Å². The van der Waals surface area contributed by atoms with Gasteiger partial charge in [-0.25, -0.2) is 0 Å². The van der Waals surface area contributed by atoms with E-state index in [1.165, 1.54) is 18.2 Å². The zero-order valence-electron chi connectivity index (χ0n) is 9.52. The van der Waals surface area contributed by atoms with Crippen LogP contribution in [0, 0.1) is 0 Å². The van der Waals surface area contributed by atoms with Crippen LogP contribution in [0.1, 0.15) is 5.69 Å². The zero-order chi connectivity index (χ0) is 13.8. The van der Waals surface area contributed by atoms with Crippen molar-refractivity contribution in [2.75, 3.05) is 0 Å². The minimum atomic E-state index is 0.0646. The van der Waals surface area contributed by atoms with Gasteiger partial charge < -0.3 is 5.11 Å². The summed E-state index contributed by atoms with van der Waals surface area (Å²) in [6.07, 6.45) is 1.56. The number of aromatic nitrogens is 1. The number of aromatic hydroxyl groups is 1. The average Bonchev–Trinajstić information content (AvgIpc) is 2.34. The van der Waals surface area contributed by atoms with Crippen LogP contribution >= 0.6 is 34.8 Å². The van der Waals surface area contributed by atoms with E-state index in [1.807, 2.05) is 0 Å². The quantitative estimate of drug-likeness (QED) is 0.807. The van der Waals surface area contributed by atoms with Crippen LogP contribution in [0.4, 0.5) is 5.69 Å². The maximum atomic E-state index is 9.52. The molecule has 0 amide bonds. The van der Waals surface area contributed by atoms with Crippen molar-refractivity contribution < 1.29 is 5.11 Å². The fourth-order valence-electron chi connectivity index (χ4n) is 1.35. The molecule has 98 valence electrons. The molecule has 0 bridgehead atoms. The third-order valence-corrected chi connectivity index (χ3v) is 3.03. The molecule has 1 N–H and O–H groups in total. The highest BCUT2D eigenvalue weighted by Crippen LogP contribution is 2.36. The molecule has 0 spiro atoms. The number of azo groups is 1. The van der Waals surface area contributed by atoms with E-state index in [0.717, 1.165) is 0 Å². The summed E-state index contributed by atoms with van der Waals surface area (Å²) in [6, 6.07) is 6.21. The number of rotatable bonds is 3. The molecule has 0 atom stereocenters. The summed E-state index contributed by atoms with van der Waals surface area (Å²) >= 11 is 17.7. The van der Waals surface area contributed by atoms with Crippen molar-refractivity contribution in [3.8, 4) is 5.75 Å². The second-order valence-electron chi connectivity index (χ2n) is 3.59. The molecule has 0 saturated heterocycles. The number of pyridine rings is 1. The summed E-state index contributed by atoms with van der Waals surface area (Å²) in [5.41, 5.74) is 0.760. The molecule has 0 aliphatic carbocycles. The highest BCUT2D eigenvalue weighted by Gasteiger charge is 2.07. The van der Waals surface area contributed by atoms with Gasteiger partial charge in [0.1, 0.15) is 23.7 Å². The molecule has 4 nitrogen and oxygen atoms in total. The van der Waals surface area contributed by atoms with Crippen molar-refractivity contribution in [2.24, 2.45) is 10.2 Å². The van der Waals surface area contributed by atoms with Crippen LogP contribution in [-0.4, -0.2) is 10.1 Å². The first-order valence-electron chi connectivity index (χ1n) is 5.23. The first-order chi connectivity index (χ1) is 9.08. The van der Waals surface area contributed by atoms with Gasteiger partial charge in [-0.05, 0) is 24.3 Å². The molecule has 0 fully saturated rings. The van der Waals surface area contributed by atoms with E-state index in [1.54, 1.807) is 12.3 Å². The van der Waals surface area contributed by atoms with E-state index in [9.17, 15) is 5.11 Å². The van der Waals surface area contributed by atoms with Crippen LogP contribution < -0.4 is 0 Å². The summed E-state index contributed by atoms with van der Waals surface area (Å²) in [4.78, 5) is 3.98. The summed E-state index contributed by atoms with van der Waals surface area (Å²) in [6.45, 7) is 0.127. The lowest BCUT2D eigenvalue weighted by molar-refractivity contribution is 0.464. The minimum absolute atomic E-state index is 0.0646. The van der Waals surface area contributed by atoms with Crippen LogP contribution in [0.5, 0.6) is 5.75 Å². The fraction of sp³-hybridized carbons (Fsp3) is 0.0833. The Kier molecular flexibility index (Phi) is 4.58. The molecule has 2 rings (SSSR count). The second-order valence-corrected chi connectivity index (χ2v) is 4.84. The maximum absolute atomic E-state index is 9.52. The molecule has 0 aliphatic rings. The highest BCUT2D eigenvalue weighted by molar-refractivity contribution is 6.41. The third-order valence-electron chi connectivity index (χ3n) is 2.24. The van der Waals surface area contributed by atoms with Gasteiger partial charge in [0.25, 0.3) is 0 Å². The topological polar surface area (TPSA) is 57.8 Å². The van der Waals surface area contributed by atoms with Crippen molar-refractivity contribution in [2.45, 2.75) is 6.54 Å². The van der Waals surface area contributed by atoms with Gasteiger partial charge in [-0.15, -0.1) is 0 Å². The van der Waals surface area contributed by atoms with Gasteiger partial charge in [0.05, 0.1) is 10.0 Å². The summed E-state index contributed by atoms with van der Waals surface area (Å²) in [7, 11) is 0. The third kappa shape index (κ3) is 3.56. The molecule has 1 aromatic heterocycles. The van der Waals surface area contributed by atoms with E-state index in [-0.39, 0.29) is 12.3 Å². The molecular formula is C12H8Cl3N3O. The first-order valence-corrected chi connectivity index (χ1v) is 6.36. The number of halogens is 3. The zero-order valence-corrected chi connectivity index (χ0v) is 11.8. The Balaban J connectivity index is 2.18. The standard InChI is InChI=1S/C12H8Cl3N3O/c13-7-4-8(14)12(9(15)5-7)18-17-6-10-11(19)2-1-3-16-10/h1-5,19H,6H2. The van der Waals surface area contributed by atoms with Crippen LogP contribution in [-0.2, 0) is 6.54 Å². The number of nitrogens with zero attached hydrogens (tertiary/aromatic N) is 3. The molecule has 0 aliphatic heterocycles. The molecule has 7 heteroatoms. The Labute approximate surface area is 124 Å². The Bertz CT molecular complexity index is 608.